The van der Waals surface area contributed by atoms with E-state index in [9.17, 15) is 14.9 Å². The maximum atomic E-state index is 11.1. The smallest absolute Gasteiger partial charge is 0.342 e. The van der Waals surface area contributed by atoms with Crippen molar-refractivity contribution < 1.29 is 14.8 Å². The Morgan fingerprint density at radius 2 is 1.81 bits per heavy atom. The van der Waals surface area contributed by atoms with Gasteiger partial charge in [-0.15, -0.1) is 0 Å². The van der Waals surface area contributed by atoms with Crippen LogP contribution in [-0.2, 0) is 0 Å². The van der Waals surface area contributed by atoms with E-state index in [1.54, 1.807) is 18.2 Å². The molecule has 0 fully saturated rings. The lowest BCUT2D eigenvalue weighted by Gasteiger charge is -2.11. The van der Waals surface area contributed by atoms with E-state index in [4.69, 9.17) is 28.3 Å². The number of nitro groups is 1. The molecule has 0 aliphatic carbocycles. The number of hydrogen-bond donors (Lipinski definition) is 2. The Labute approximate surface area is 129 Å². The number of anilines is 2. The zero-order chi connectivity index (χ0) is 15.6. The Kier molecular flexibility index (Phi) is 4.30. The standard InChI is InChI=1S/C13H8Cl2N2O4/c14-9-2-1-3-10(15)12(9)16-7-4-5-11(17(20)21)8(6-7)13(18)19/h1-6,16H,(H,18,19). The molecular weight excluding hydrogens is 319 g/mol. The van der Waals surface area contributed by atoms with Gasteiger partial charge in [0.15, 0.2) is 0 Å². The van der Waals surface area contributed by atoms with Crippen LogP contribution in [0.15, 0.2) is 36.4 Å². The zero-order valence-electron chi connectivity index (χ0n) is 10.3. The topological polar surface area (TPSA) is 92.5 Å². The van der Waals surface area contributed by atoms with E-state index < -0.39 is 22.1 Å². The SMILES string of the molecule is O=C(O)c1cc(Nc2c(Cl)cccc2Cl)ccc1[N+](=O)[O-]. The summed E-state index contributed by atoms with van der Waals surface area (Å²) in [4.78, 5) is 21.1. The molecule has 2 aromatic carbocycles. The van der Waals surface area contributed by atoms with Gasteiger partial charge in [-0.25, -0.2) is 4.79 Å². The molecule has 0 saturated carbocycles. The number of carboxylic acids is 1. The molecule has 0 bridgehead atoms. The Morgan fingerprint density at radius 3 is 2.33 bits per heavy atom. The average Bonchev–Trinajstić information content (AvgIpc) is 2.42. The molecule has 108 valence electrons. The molecule has 0 amide bonds. The Balaban J connectivity index is 2.44. The number of nitrogens with one attached hydrogen (secondary N) is 1. The fourth-order valence-electron chi connectivity index (χ4n) is 1.71. The second kappa shape index (κ2) is 5.99. The number of nitrogens with zero attached hydrogens (tertiary/aromatic N) is 1. The van der Waals surface area contributed by atoms with Gasteiger partial charge in [0, 0.05) is 11.8 Å². The van der Waals surface area contributed by atoms with Crippen molar-refractivity contribution in [2.24, 2.45) is 0 Å². The van der Waals surface area contributed by atoms with Crippen LogP contribution in [0.2, 0.25) is 10.0 Å². The molecule has 8 heteroatoms. The van der Waals surface area contributed by atoms with Gasteiger partial charge < -0.3 is 10.4 Å². The molecule has 0 unspecified atom stereocenters. The van der Waals surface area contributed by atoms with Crippen LogP contribution in [0.5, 0.6) is 0 Å². The normalized spacial score (nSPS) is 10.2. The van der Waals surface area contributed by atoms with Gasteiger partial charge >= 0.3 is 5.97 Å². The molecule has 0 radical (unpaired) electrons. The highest BCUT2D eigenvalue weighted by Gasteiger charge is 2.20. The first-order valence-corrected chi connectivity index (χ1v) is 6.38. The fourth-order valence-corrected chi connectivity index (χ4v) is 2.20. The van der Waals surface area contributed by atoms with E-state index in [-0.39, 0.29) is 0 Å². The minimum atomic E-state index is -1.39. The van der Waals surface area contributed by atoms with Gasteiger partial charge in [-0.2, -0.15) is 0 Å². The van der Waals surface area contributed by atoms with Gasteiger partial charge in [0.2, 0.25) is 0 Å². The van der Waals surface area contributed by atoms with Crippen LogP contribution < -0.4 is 5.32 Å². The lowest BCUT2D eigenvalue weighted by atomic mass is 10.1. The fraction of sp³-hybridized carbons (Fsp3) is 0. The van der Waals surface area contributed by atoms with Crippen LogP contribution in [0.3, 0.4) is 0 Å². The van der Waals surface area contributed by atoms with E-state index >= 15 is 0 Å². The van der Waals surface area contributed by atoms with Gasteiger partial charge in [-0.05, 0) is 24.3 Å². The zero-order valence-corrected chi connectivity index (χ0v) is 11.9. The third kappa shape index (κ3) is 3.24. The first-order chi connectivity index (χ1) is 9.90. The van der Waals surface area contributed by atoms with Gasteiger partial charge in [-0.1, -0.05) is 29.3 Å². The van der Waals surface area contributed by atoms with Crippen LogP contribution in [0.25, 0.3) is 0 Å². The van der Waals surface area contributed by atoms with Gasteiger partial charge in [0.1, 0.15) is 5.56 Å². The molecule has 0 saturated heterocycles. The average molecular weight is 327 g/mol. The second-order valence-corrected chi connectivity index (χ2v) is 4.83. The summed E-state index contributed by atoms with van der Waals surface area (Å²) in [5.41, 5.74) is -0.189. The molecule has 0 heterocycles. The number of benzene rings is 2. The number of carbonyl (C=O) groups is 1. The monoisotopic (exact) mass is 326 g/mol. The van der Waals surface area contributed by atoms with Crippen LogP contribution in [0.1, 0.15) is 10.4 Å². The molecule has 2 N–H and O–H groups in total. The highest BCUT2D eigenvalue weighted by molar-refractivity contribution is 6.39. The van der Waals surface area contributed by atoms with Crippen molar-refractivity contribution in [1.29, 1.82) is 0 Å². The summed E-state index contributed by atoms with van der Waals surface area (Å²) < 4.78 is 0. The van der Waals surface area contributed by atoms with Crippen molar-refractivity contribution >= 4 is 46.2 Å². The predicted molar refractivity (Wildman–Crippen MR) is 79.8 cm³/mol. The Hall–Kier alpha value is -2.31. The molecule has 0 spiro atoms. The predicted octanol–water partition coefficient (Wildman–Crippen LogP) is 4.34. The lowest BCUT2D eigenvalue weighted by Crippen LogP contribution is -2.04. The van der Waals surface area contributed by atoms with E-state index in [2.05, 4.69) is 5.32 Å². The third-order valence-electron chi connectivity index (χ3n) is 2.66. The lowest BCUT2D eigenvalue weighted by molar-refractivity contribution is -0.385. The molecule has 0 aromatic heterocycles. The van der Waals surface area contributed by atoms with Gasteiger partial charge in [0.05, 0.1) is 20.7 Å². The minimum absolute atomic E-state index is 0.327. The molecule has 21 heavy (non-hydrogen) atoms. The highest BCUT2D eigenvalue weighted by atomic mass is 35.5. The first-order valence-electron chi connectivity index (χ1n) is 5.63. The third-order valence-corrected chi connectivity index (χ3v) is 3.29. The maximum Gasteiger partial charge on any atom is 0.342 e. The van der Waals surface area contributed by atoms with Crippen LogP contribution in [0, 0.1) is 10.1 Å². The van der Waals surface area contributed by atoms with Crippen LogP contribution >= 0.6 is 23.2 Å². The van der Waals surface area contributed by atoms with E-state index in [0.29, 0.717) is 21.4 Å². The summed E-state index contributed by atoms with van der Waals surface area (Å²) in [6, 6.07) is 8.52. The molecule has 6 nitrogen and oxygen atoms in total. The van der Waals surface area contributed by atoms with Crippen LogP contribution in [0.4, 0.5) is 17.1 Å². The van der Waals surface area contributed by atoms with Gasteiger partial charge in [-0.3, -0.25) is 10.1 Å². The van der Waals surface area contributed by atoms with Crippen molar-refractivity contribution in [3.63, 3.8) is 0 Å². The number of carboxylic acid groups (broad SMARTS) is 1. The molecule has 2 aromatic rings. The van der Waals surface area contributed by atoms with Crippen molar-refractivity contribution in [3.05, 3.63) is 62.1 Å². The molecule has 0 aliphatic heterocycles. The second-order valence-electron chi connectivity index (χ2n) is 4.02. The van der Waals surface area contributed by atoms with E-state index in [1.807, 2.05) is 0 Å². The van der Waals surface area contributed by atoms with E-state index in [1.165, 1.54) is 6.07 Å². The van der Waals surface area contributed by atoms with Crippen molar-refractivity contribution in [3.8, 4) is 0 Å². The number of nitro benzene ring substituents is 1. The number of halogens is 2. The van der Waals surface area contributed by atoms with Crippen LogP contribution in [-0.4, -0.2) is 16.0 Å². The summed E-state index contributed by atoms with van der Waals surface area (Å²) in [6.45, 7) is 0. The molecular formula is C13H8Cl2N2O4. The summed E-state index contributed by atoms with van der Waals surface area (Å²) in [6.07, 6.45) is 0. The number of rotatable bonds is 4. The van der Waals surface area contributed by atoms with Crippen molar-refractivity contribution in [1.82, 2.24) is 0 Å². The summed E-state index contributed by atoms with van der Waals surface area (Å²) in [7, 11) is 0. The van der Waals surface area contributed by atoms with E-state index in [0.717, 1.165) is 12.1 Å². The van der Waals surface area contributed by atoms with Gasteiger partial charge in [0.25, 0.3) is 5.69 Å². The minimum Gasteiger partial charge on any atom is -0.477 e. The largest absolute Gasteiger partial charge is 0.477 e. The molecule has 0 aliphatic rings. The number of hydrogen-bond acceptors (Lipinski definition) is 4. The summed E-state index contributed by atoms with van der Waals surface area (Å²) in [5, 5.41) is 23.4. The Bertz CT molecular complexity index is 714. The molecule has 0 atom stereocenters. The van der Waals surface area contributed by atoms with Crippen molar-refractivity contribution in [2.45, 2.75) is 0 Å². The summed E-state index contributed by atoms with van der Waals surface area (Å²) in [5.74, 6) is -1.39. The molecule has 2 rings (SSSR count). The number of aromatic carboxylic acids is 1. The Morgan fingerprint density at radius 1 is 1.19 bits per heavy atom. The van der Waals surface area contributed by atoms with Crippen molar-refractivity contribution in [2.75, 3.05) is 5.32 Å². The summed E-state index contributed by atoms with van der Waals surface area (Å²) >= 11 is 12.0. The highest BCUT2D eigenvalue weighted by Crippen LogP contribution is 2.33. The maximum absolute atomic E-state index is 11.1. The number of para-hydroxylation sites is 1. The first kappa shape index (κ1) is 15.1. The quantitative estimate of drug-likeness (QED) is 0.643.